The standard InChI is InChI=1S/C17H22BrN3/c1-2-7-21(16-9-14-4-5-15(10-16)20-14)17-6-3-13(18)8-12(17)11-19/h3,6,8,14-16,20H,2,4-5,7,9-10H2,1H3. The number of rotatable bonds is 4. The average Bonchev–Trinajstić information content (AvgIpc) is 2.83. The topological polar surface area (TPSA) is 39.1 Å². The molecule has 0 aromatic heterocycles. The summed E-state index contributed by atoms with van der Waals surface area (Å²) in [5.74, 6) is 0. The van der Waals surface area contributed by atoms with Crippen LogP contribution in [0.25, 0.3) is 0 Å². The summed E-state index contributed by atoms with van der Waals surface area (Å²) < 4.78 is 0.977. The lowest BCUT2D eigenvalue weighted by Gasteiger charge is -2.39. The van der Waals surface area contributed by atoms with Crippen LogP contribution in [0, 0.1) is 11.3 Å². The molecule has 3 nitrogen and oxygen atoms in total. The van der Waals surface area contributed by atoms with Gasteiger partial charge in [0.05, 0.1) is 11.3 Å². The van der Waals surface area contributed by atoms with E-state index in [1.165, 1.54) is 25.7 Å². The van der Waals surface area contributed by atoms with Crippen LogP contribution in [-0.2, 0) is 0 Å². The van der Waals surface area contributed by atoms with Gasteiger partial charge in [-0.15, -0.1) is 0 Å². The quantitative estimate of drug-likeness (QED) is 0.899. The van der Waals surface area contributed by atoms with Crippen LogP contribution >= 0.6 is 15.9 Å². The van der Waals surface area contributed by atoms with Gasteiger partial charge in [0.2, 0.25) is 0 Å². The number of anilines is 1. The Balaban J connectivity index is 1.89. The van der Waals surface area contributed by atoms with Crippen molar-refractivity contribution in [1.29, 1.82) is 5.26 Å². The first-order chi connectivity index (χ1) is 10.2. The number of hydrogen-bond donors (Lipinski definition) is 1. The molecule has 2 fully saturated rings. The van der Waals surface area contributed by atoms with Gasteiger partial charge in [-0.05, 0) is 50.3 Å². The maximum Gasteiger partial charge on any atom is 0.101 e. The van der Waals surface area contributed by atoms with E-state index in [-0.39, 0.29) is 0 Å². The second-order valence-electron chi connectivity index (χ2n) is 6.23. The molecule has 1 aromatic rings. The van der Waals surface area contributed by atoms with Gasteiger partial charge in [-0.3, -0.25) is 0 Å². The number of nitrogens with one attached hydrogen (secondary N) is 1. The Labute approximate surface area is 135 Å². The molecule has 1 N–H and O–H groups in total. The van der Waals surface area contributed by atoms with Crippen molar-refractivity contribution in [3.63, 3.8) is 0 Å². The van der Waals surface area contributed by atoms with E-state index in [2.05, 4.69) is 51.3 Å². The van der Waals surface area contributed by atoms with Gasteiger partial charge < -0.3 is 10.2 Å². The van der Waals surface area contributed by atoms with Gasteiger partial charge in [-0.1, -0.05) is 22.9 Å². The highest BCUT2D eigenvalue weighted by Gasteiger charge is 2.36. The monoisotopic (exact) mass is 347 g/mol. The summed E-state index contributed by atoms with van der Waals surface area (Å²) in [7, 11) is 0. The lowest BCUT2D eigenvalue weighted by molar-refractivity contribution is 0.346. The summed E-state index contributed by atoms with van der Waals surface area (Å²) in [6.07, 6.45) is 6.15. The molecule has 2 heterocycles. The molecule has 2 aliphatic heterocycles. The number of nitriles is 1. The van der Waals surface area contributed by atoms with Crippen molar-refractivity contribution in [3.05, 3.63) is 28.2 Å². The predicted molar refractivity (Wildman–Crippen MR) is 89.5 cm³/mol. The Bertz CT molecular complexity index is 539. The molecule has 0 amide bonds. The van der Waals surface area contributed by atoms with Crippen LogP contribution in [0.5, 0.6) is 0 Å². The summed E-state index contributed by atoms with van der Waals surface area (Å²) in [5, 5.41) is 13.2. The first-order valence-corrected chi connectivity index (χ1v) is 8.73. The van der Waals surface area contributed by atoms with Gasteiger partial charge >= 0.3 is 0 Å². The van der Waals surface area contributed by atoms with Crippen LogP contribution in [0.2, 0.25) is 0 Å². The smallest absolute Gasteiger partial charge is 0.101 e. The molecule has 2 saturated heterocycles. The zero-order chi connectivity index (χ0) is 14.8. The van der Waals surface area contributed by atoms with Crippen molar-refractivity contribution >= 4 is 21.6 Å². The number of benzene rings is 1. The maximum atomic E-state index is 9.46. The largest absolute Gasteiger partial charge is 0.367 e. The van der Waals surface area contributed by atoms with Gasteiger partial charge in [0.1, 0.15) is 6.07 Å². The summed E-state index contributed by atoms with van der Waals surface area (Å²) in [6, 6.07) is 10.4. The minimum atomic E-state index is 0.567. The molecule has 0 spiro atoms. The van der Waals surface area contributed by atoms with Crippen molar-refractivity contribution in [2.75, 3.05) is 11.4 Å². The number of fused-ring (bicyclic) bond motifs is 2. The Morgan fingerprint density at radius 3 is 2.67 bits per heavy atom. The normalized spacial score (nSPS) is 27.4. The average molecular weight is 348 g/mol. The lowest BCUT2D eigenvalue weighted by atomic mass is 9.96. The molecule has 0 radical (unpaired) electrons. The zero-order valence-electron chi connectivity index (χ0n) is 12.5. The van der Waals surface area contributed by atoms with Crippen molar-refractivity contribution in [3.8, 4) is 6.07 Å². The molecule has 112 valence electrons. The Kier molecular flexibility index (Phi) is 4.51. The molecular weight excluding hydrogens is 326 g/mol. The third kappa shape index (κ3) is 3.09. The van der Waals surface area contributed by atoms with E-state index in [1.54, 1.807) is 0 Å². The Hall–Kier alpha value is -1.05. The Morgan fingerprint density at radius 1 is 1.33 bits per heavy atom. The molecule has 3 rings (SSSR count). The van der Waals surface area contributed by atoms with Gasteiger partial charge in [0, 0.05) is 29.1 Å². The van der Waals surface area contributed by atoms with Gasteiger partial charge in [0.15, 0.2) is 0 Å². The van der Waals surface area contributed by atoms with Crippen molar-refractivity contribution in [1.82, 2.24) is 5.32 Å². The predicted octanol–water partition coefficient (Wildman–Crippen LogP) is 3.82. The van der Waals surface area contributed by atoms with Crippen molar-refractivity contribution < 1.29 is 0 Å². The van der Waals surface area contributed by atoms with Gasteiger partial charge in [-0.2, -0.15) is 5.26 Å². The first-order valence-electron chi connectivity index (χ1n) is 7.93. The fourth-order valence-corrected chi connectivity index (χ4v) is 4.23. The number of halogens is 1. The molecule has 2 unspecified atom stereocenters. The second kappa shape index (κ2) is 6.37. The van der Waals surface area contributed by atoms with Crippen LogP contribution in [-0.4, -0.2) is 24.7 Å². The van der Waals surface area contributed by atoms with Crippen molar-refractivity contribution in [2.45, 2.75) is 57.2 Å². The summed E-state index contributed by atoms with van der Waals surface area (Å²) in [6.45, 7) is 3.24. The molecular formula is C17H22BrN3. The van der Waals surface area contributed by atoms with E-state index in [0.717, 1.165) is 28.7 Å². The minimum Gasteiger partial charge on any atom is -0.367 e. The summed E-state index contributed by atoms with van der Waals surface area (Å²) in [5.41, 5.74) is 1.89. The minimum absolute atomic E-state index is 0.567. The number of piperidine rings is 1. The fraction of sp³-hybridized carbons (Fsp3) is 0.588. The van der Waals surface area contributed by atoms with E-state index in [9.17, 15) is 5.26 Å². The fourth-order valence-electron chi connectivity index (χ4n) is 3.87. The lowest BCUT2D eigenvalue weighted by Crippen LogP contribution is -2.48. The highest BCUT2D eigenvalue weighted by atomic mass is 79.9. The first kappa shape index (κ1) is 14.9. The third-order valence-corrected chi connectivity index (χ3v) is 5.24. The molecule has 4 heteroatoms. The molecule has 2 atom stereocenters. The summed E-state index contributed by atoms with van der Waals surface area (Å²) >= 11 is 3.47. The SMILES string of the molecule is CCCN(c1ccc(Br)cc1C#N)C1CC2CCC(C1)N2. The Morgan fingerprint density at radius 2 is 2.05 bits per heavy atom. The van der Waals surface area contributed by atoms with Gasteiger partial charge in [0.25, 0.3) is 0 Å². The van der Waals surface area contributed by atoms with E-state index >= 15 is 0 Å². The molecule has 2 aliphatic rings. The van der Waals surface area contributed by atoms with E-state index in [4.69, 9.17) is 0 Å². The van der Waals surface area contributed by atoms with Crippen LogP contribution in [0.1, 0.15) is 44.6 Å². The van der Waals surface area contributed by atoms with Crippen LogP contribution in [0.3, 0.4) is 0 Å². The van der Waals surface area contributed by atoms with Gasteiger partial charge in [-0.25, -0.2) is 0 Å². The maximum absolute atomic E-state index is 9.46. The highest BCUT2D eigenvalue weighted by molar-refractivity contribution is 9.10. The van der Waals surface area contributed by atoms with Crippen LogP contribution in [0.4, 0.5) is 5.69 Å². The second-order valence-corrected chi connectivity index (χ2v) is 7.15. The zero-order valence-corrected chi connectivity index (χ0v) is 14.1. The number of nitrogens with zero attached hydrogens (tertiary/aromatic N) is 2. The molecule has 0 aliphatic carbocycles. The number of hydrogen-bond acceptors (Lipinski definition) is 3. The van der Waals surface area contributed by atoms with E-state index in [1.807, 2.05) is 6.07 Å². The molecule has 1 aromatic carbocycles. The van der Waals surface area contributed by atoms with Crippen LogP contribution in [0.15, 0.2) is 22.7 Å². The molecule has 21 heavy (non-hydrogen) atoms. The molecule has 0 saturated carbocycles. The highest BCUT2D eigenvalue weighted by Crippen LogP contribution is 2.34. The van der Waals surface area contributed by atoms with E-state index in [0.29, 0.717) is 18.1 Å². The van der Waals surface area contributed by atoms with Crippen molar-refractivity contribution in [2.24, 2.45) is 0 Å². The van der Waals surface area contributed by atoms with Crippen LogP contribution < -0.4 is 10.2 Å². The summed E-state index contributed by atoms with van der Waals surface area (Å²) in [4.78, 5) is 2.48. The molecule has 2 bridgehead atoms. The third-order valence-electron chi connectivity index (χ3n) is 4.74. The van der Waals surface area contributed by atoms with E-state index < -0.39 is 0 Å².